The number of nitrogens with one attached hydrogen (secondary N) is 1. The highest BCUT2D eigenvalue weighted by Gasteiger charge is 2.16. The lowest BCUT2D eigenvalue weighted by molar-refractivity contribution is -0.113. The molecule has 3 heterocycles. The topological polar surface area (TPSA) is 113 Å². The summed E-state index contributed by atoms with van der Waals surface area (Å²) in [5.41, 5.74) is 2.50. The van der Waals surface area contributed by atoms with E-state index in [2.05, 4.69) is 25.6 Å². The molecule has 5 rings (SSSR count). The highest BCUT2D eigenvalue weighted by Crippen LogP contribution is 2.34. The molecule has 2 aromatic carbocycles. The zero-order valence-corrected chi connectivity index (χ0v) is 17.1. The molecule has 0 radical (unpaired) electrons. The fourth-order valence-corrected chi connectivity index (χ4v) is 3.77. The van der Waals surface area contributed by atoms with Crippen LogP contribution in [-0.4, -0.2) is 50.5 Å². The monoisotopic (exact) mass is 436 g/mol. The fourth-order valence-electron chi connectivity index (χ4n) is 3.04. The van der Waals surface area contributed by atoms with Crippen molar-refractivity contribution < 1.29 is 19.0 Å². The maximum absolute atomic E-state index is 12.4. The van der Waals surface area contributed by atoms with E-state index in [0.29, 0.717) is 33.4 Å². The summed E-state index contributed by atoms with van der Waals surface area (Å²) in [5, 5.41) is 11.8. The first-order valence-electron chi connectivity index (χ1n) is 9.24. The third-order valence-corrected chi connectivity index (χ3v) is 5.50. The van der Waals surface area contributed by atoms with Gasteiger partial charge < -0.3 is 19.5 Å². The van der Waals surface area contributed by atoms with Gasteiger partial charge in [-0.25, -0.2) is 9.97 Å². The van der Waals surface area contributed by atoms with Gasteiger partial charge in [-0.05, 0) is 36.4 Å². The van der Waals surface area contributed by atoms with Crippen molar-refractivity contribution in [1.29, 1.82) is 0 Å². The second-order valence-electron chi connectivity index (χ2n) is 6.46. The number of fused-ring (bicyclic) bond motifs is 2. The zero-order valence-electron chi connectivity index (χ0n) is 16.3. The van der Waals surface area contributed by atoms with Crippen LogP contribution in [0.25, 0.3) is 16.9 Å². The number of hydrogen-bond acceptors (Lipinski definition) is 9. The number of thioether (sulfide) groups is 1. The van der Waals surface area contributed by atoms with Crippen molar-refractivity contribution in [2.24, 2.45) is 0 Å². The van der Waals surface area contributed by atoms with Crippen LogP contribution in [0.2, 0.25) is 0 Å². The quantitative estimate of drug-likeness (QED) is 0.360. The van der Waals surface area contributed by atoms with E-state index >= 15 is 0 Å². The van der Waals surface area contributed by atoms with Crippen LogP contribution in [-0.2, 0) is 4.79 Å². The molecule has 0 saturated carbocycles. The number of carbonyl (C=O) groups excluding carboxylic acids is 1. The summed E-state index contributed by atoms with van der Waals surface area (Å²) < 4.78 is 17.4. The van der Waals surface area contributed by atoms with E-state index in [1.54, 1.807) is 30.0 Å². The number of carbonyl (C=O) groups is 1. The predicted molar refractivity (Wildman–Crippen MR) is 113 cm³/mol. The minimum atomic E-state index is -0.182. The number of hydrogen-bond donors (Lipinski definition) is 1. The summed E-state index contributed by atoms with van der Waals surface area (Å²) in [6, 6.07) is 12.6. The molecule has 4 aromatic rings. The van der Waals surface area contributed by atoms with E-state index in [0.717, 1.165) is 11.4 Å². The number of ether oxygens (including phenoxy) is 3. The van der Waals surface area contributed by atoms with Crippen molar-refractivity contribution >= 4 is 34.5 Å². The highest BCUT2D eigenvalue weighted by molar-refractivity contribution is 8.00. The molecule has 0 fully saturated rings. The van der Waals surface area contributed by atoms with E-state index in [-0.39, 0.29) is 18.5 Å². The van der Waals surface area contributed by atoms with Gasteiger partial charge in [0.15, 0.2) is 22.7 Å². The number of methoxy groups -OCH3 is 1. The Balaban J connectivity index is 1.30. The first-order chi connectivity index (χ1) is 15.2. The second-order valence-corrected chi connectivity index (χ2v) is 7.42. The molecular formula is C20H16N6O4S. The Morgan fingerprint density at radius 3 is 2.84 bits per heavy atom. The zero-order chi connectivity index (χ0) is 21.2. The Morgan fingerprint density at radius 2 is 2.00 bits per heavy atom. The number of nitrogens with zero attached hydrogens (tertiary/aromatic N) is 5. The van der Waals surface area contributed by atoms with Gasteiger partial charge in [-0.2, -0.15) is 4.68 Å². The Labute approximate surface area is 180 Å². The summed E-state index contributed by atoms with van der Waals surface area (Å²) >= 11 is 1.26. The Hall–Kier alpha value is -3.86. The lowest BCUT2D eigenvalue weighted by atomic mass is 10.3. The highest BCUT2D eigenvalue weighted by atomic mass is 32.2. The van der Waals surface area contributed by atoms with Crippen molar-refractivity contribution in [3.63, 3.8) is 0 Å². The third kappa shape index (κ3) is 3.82. The van der Waals surface area contributed by atoms with Gasteiger partial charge in [0.25, 0.3) is 0 Å². The standard InChI is InChI=1S/C20H16N6O4S/c1-28-14-5-3-13(4-6-14)26-19-18(24-25-26)20(22-10-21-19)31-9-17(27)23-12-2-7-15-16(8-12)30-11-29-15/h2-8,10H,9,11H2,1H3,(H,23,27). The molecule has 0 atom stereocenters. The first-order valence-corrected chi connectivity index (χ1v) is 10.2. The van der Waals surface area contributed by atoms with Crippen LogP contribution < -0.4 is 19.5 Å². The summed E-state index contributed by atoms with van der Waals surface area (Å²) in [6.07, 6.45) is 1.43. The van der Waals surface area contributed by atoms with Gasteiger partial charge in [0, 0.05) is 11.8 Å². The Bertz CT molecular complexity index is 1260. The van der Waals surface area contributed by atoms with Gasteiger partial charge in [0.1, 0.15) is 17.1 Å². The van der Waals surface area contributed by atoms with Crippen molar-refractivity contribution in [2.45, 2.75) is 5.03 Å². The number of anilines is 1. The number of rotatable bonds is 6. The van der Waals surface area contributed by atoms with Crippen LogP contribution in [0.1, 0.15) is 0 Å². The van der Waals surface area contributed by atoms with Crippen LogP contribution in [0.15, 0.2) is 53.8 Å². The van der Waals surface area contributed by atoms with E-state index < -0.39 is 0 Å². The first kappa shape index (κ1) is 19.1. The Morgan fingerprint density at radius 1 is 1.16 bits per heavy atom. The van der Waals surface area contributed by atoms with Gasteiger partial charge in [0.2, 0.25) is 12.7 Å². The fraction of sp³-hybridized carbons (Fsp3) is 0.150. The molecular weight excluding hydrogens is 420 g/mol. The third-order valence-electron chi connectivity index (χ3n) is 4.52. The number of amides is 1. The minimum absolute atomic E-state index is 0.149. The molecule has 0 unspecified atom stereocenters. The van der Waals surface area contributed by atoms with E-state index in [9.17, 15) is 4.79 Å². The molecule has 10 nitrogen and oxygen atoms in total. The number of benzene rings is 2. The van der Waals surface area contributed by atoms with Crippen molar-refractivity contribution in [2.75, 3.05) is 25.0 Å². The van der Waals surface area contributed by atoms with Crippen molar-refractivity contribution in [1.82, 2.24) is 25.0 Å². The molecule has 31 heavy (non-hydrogen) atoms. The second kappa shape index (κ2) is 8.11. The van der Waals surface area contributed by atoms with E-state index in [4.69, 9.17) is 14.2 Å². The molecule has 1 amide bonds. The molecule has 2 aromatic heterocycles. The predicted octanol–water partition coefficient (Wildman–Crippen LogP) is 2.68. The molecule has 0 saturated heterocycles. The lowest BCUT2D eigenvalue weighted by Gasteiger charge is -2.06. The summed E-state index contributed by atoms with van der Waals surface area (Å²) in [5.74, 6) is 1.98. The van der Waals surface area contributed by atoms with Crippen LogP contribution in [0, 0.1) is 0 Å². The number of aromatic nitrogens is 5. The average molecular weight is 436 g/mol. The average Bonchev–Trinajstić information content (AvgIpc) is 3.44. The van der Waals surface area contributed by atoms with Crippen LogP contribution >= 0.6 is 11.8 Å². The van der Waals surface area contributed by atoms with Gasteiger partial charge >= 0.3 is 0 Å². The van der Waals surface area contributed by atoms with Gasteiger partial charge in [0.05, 0.1) is 18.6 Å². The molecule has 156 valence electrons. The Kier molecular flexibility index (Phi) is 5.00. The van der Waals surface area contributed by atoms with Crippen molar-refractivity contribution in [3.8, 4) is 22.9 Å². The lowest BCUT2D eigenvalue weighted by Crippen LogP contribution is -2.14. The van der Waals surface area contributed by atoms with Crippen LogP contribution in [0.4, 0.5) is 5.69 Å². The van der Waals surface area contributed by atoms with Crippen LogP contribution in [0.5, 0.6) is 17.2 Å². The van der Waals surface area contributed by atoms with Crippen molar-refractivity contribution in [3.05, 3.63) is 48.8 Å². The molecule has 0 spiro atoms. The van der Waals surface area contributed by atoms with Gasteiger partial charge in [-0.15, -0.1) is 5.10 Å². The van der Waals surface area contributed by atoms with E-state index in [1.165, 1.54) is 18.1 Å². The molecule has 0 aliphatic carbocycles. The van der Waals surface area contributed by atoms with E-state index in [1.807, 2.05) is 24.3 Å². The largest absolute Gasteiger partial charge is 0.497 e. The summed E-state index contributed by atoms with van der Waals surface area (Å²) in [7, 11) is 1.61. The molecule has 0 bridgehead atoms. The smallest absolute Gasteiger partial charge is 0.234 e. The van der Waals surface area contributed by atoms with Crippen LogP contribution in [0.3, 0.4) is 0 Å². The van der Waals surface area contributed by atoms with Gasteiger partial charge in [-0.3, -0.25) is 4.79 Å². The minimum Gasteiger partial charge on any atom is -0.497 e. The molecule has 1 N–H and O–H groups in total. The molecule has 1 aliphatic heterocycles. The maximum atomic E-state index is 12.4. The summed E-state index contributed by atoms with van der Waals surface area (Å²) in [4.78, 5) is 21.0. The molecule has 1 aliphatic rings. The summed E-state index contributed by atoms with van der Waals surface area (Å²) in [6.45, 7) is 0.184. The SMILES string of the molecule is COc1ccc(-n2nnc3c(SCC(=O)Nc4ccc5c(c4)OCO5)ncnc32)cc1. The normalized spacial score (nSPS) is 12.2. The van der Waals surface area contributed by atoms with Gasteiger partial charge in [-0.1, -0.05) is 17.0 Å². The maximum Gasteiger partial charge on any atom is 0.234 e. The molecule has 11 heteroatoms.